The number of aliphatic carboxylic acids is 1. The number of benzene rings is 2. The molecule has 2 atom stereocenters. The van der Waals surface area contributed by atoms with E-state index in [0.29, 0.717) is 51.6 Å². The SMILES string of the molecule is CC(=O)OC(Cl)(Cl)Cl.NC(CCCCNC(=O)OCc1ccccc1)C(=O)O.O=C(NCCCCC1NC(=O)OC1=O)OCc1ccccc1. The van der Waals surface area contributed by atoms with E-state index in [4.69, 9.17) is 55.1 Å². The first-order chi connectivity index (χ1) is 23.7. The summed E-state index contributed by atoms with van der Waals surface area (Å²) in [7, 11) is 0. The summed E-state index contributed by atoms with van der Waals surface area (Å²) in [5, 5.41) is 16.2. The van der Waals surface area contributed by atoms with Crippen LogP contribution in [-0.2, 0) is 46.5 Å². The second-order valence-electron chi connectivity index (χ2n) is 10.4. The quantitative estimate of drug-likeness (QED) is 0.0526. The highest BCUT2D eigenvalue weighted by atomic mass is 35.6. The summed E-state index contributed by atoms with van der Waals surface area (Å²) in [6.07, 6.45) is 1.92. The molecule has 6 N–H and O–H groups in total. The molecule has 1 aliphatic rings. The van der Waals surface area contributed by atoms with Crippen LogP contribution in [0, 0.1) is 0 Å². The number of unbranched alkanes of at least 4 members (excludes halogenated alkanes) is 2. The van der Waals surface area contributed by atoms with Crippen molar-refractivity contribution in [3.8, 4) is 0 Å². The highest BCUT2D eigenvalue weighted by Crippen LogP contribution is 2.27. The van der Waals surface area contributed by atoms with Crippen molar-refractivity contribution in [2.24, 2.45) is 5.73 Å². The molecule has 2 aromatic rings. The Kier molecular flexibility index (Phi) is 21.7. The molecule has 0 aliphatic carbocycles. The van der Waals surface area contributed by atoms with E-state index in [1.165, 1.54) is 0 Å². The largest absolute Gasteiger partial charge is 0.480 e. The summed E-state index contributed by atoms with van der Waals surface area (Å²) >= 11 is 15.0. The zero-order chi connectivity index (χ0) is 37.4. The fraction of sp³-hybridized carbons (Fsp3) is 0.438. The molecule has 1 saturated heterocycles. The molecule has 0 aromatic heterocycles. The summed E-state index contributed by atoms with van der Waals surface area (Å²) in [5.41, 5.74) is 7.21. The third-order valence-electron chi connectivity index (χ3n) is 6.17. The van der Waals surface area contributed by atoms with Crippen LogP contribution in [0.2, 0.25) is 0 Å². The Hall–Kier alpha value is -4.31. The molecule has 0 spiro atoms. The van der Waals surface area contributed by atoms with Gasteiger partial charge in [-0.05, 0) is 84.5 Å². The fourth-order valence-electron chi connectivity index (χ4n) is 3.76. The van der Waals surface area contributed by atoms with E-state index in [2.05, 4.69) is 25.4 Å². The zero-order valence-electron chi connectivity index (χ0n) is 27.2. The molecule has 15 nitrogen and oxygen atoms in total. The van der Waals surface area contributed by atoms with E-state index >= 15 is 0 Å². The number of amides is 3. The maximum atomic E-state index is 11.5. The number of hydrogen-bond donors (Lipinski definition) is 5. The Morgan fingerprint density at radius 1 is 0.860 bits per heavy atom. The van der Waals surface area contributed by atoms with Crippen LogP contribution in [0.5, 0.6) is 0 Å². The minimum absolute atomic E-state index is 0.229. The number of ether oxygens (including phenoxy) is 4. The van der Waals surface area contributed by atoms with Crippen LogP contribution in [0.1, 0.15) is 56.6 Å². The van der Waals surface area contributed by atoms with Gasteiger partial charge < -0.3 is 45.7 Å². The van der Waals surface area contributed by atoms with Gasteiger partial charge in [-0.2, -0.15) is 0 Å². The summed E-state index contributed by atoms with van der Waals surface area (Å²) < 4.78 is 16.6. The molecule has 3 rings (SSSR count). The molecule has 3 amide bonds. The first-order valence-electron chi connectivity index (χ1n) is 15.3. The first-order valence-corrected chi connectivity index (χ1v) is 16.5. The van der Waals surface area contributed by atoms with Gasteiger partial charge in [0.05, 0.1) is 0 Å². The van der Waals surface area contributed by atoms with Gasteiger partial charge in [-0.25, -0.2) is 19.2 Å². The lowest BCUT2D eigenvalue weighted by atomic mass is 10.1. The Bertz CT molecular complexity index is 1350. The van der Waals surface area contributed by atoms with Crippen LogP contribution in [-0.4, -0.2) is 70.4 Å². The van der Waals surface area contributed by atoms with E-state index in [1.807, 2.05) is 60.7 Å². The summed E-state index contributed by atoms with van der Waals surface area (Å²) in [4.78, 5) is 65.3. The van der Waals surface area contributed by atoms with Gasteiger partial charge in [0.2, 0.25) is 0 Å². The lowest BCUT2D eigenvalue weighted by Gasteiger charge is -2.08. The van der Waals surface area contributed by atoms with Crippen molar-refractivity contribution in [1.82, 2.24) is 16.0 Å². The Balaban J connectivity index is 0.000000414. The van der Waals surface area contributed by atoms with Gasteiger partial charge in [0.1, 0.15) is 25.3 Å². The smallest absolute Gasteiger partial charge is 0.415 e. The second-order valence-corrected chi connectivity index (χ2v) is 12.5. The van der Waals surface area contributed by atoms with Gasteiger partial charge in [-0.15, -0.1) is 0 Å². The van der Waals surface area contributed by atoms with E-state index in [0.717, 1.165) is 18.1 Å². The van der Waals surface area contributed by atoms with Crippen molar-refractivity contribution < 1.29 is 52.8 Å². The van der Waals surface area contributed by atoms with Crippen molar-refractivity contribution in [1.29, 1.82) is 0 Å². The third kappa shape index (κ3) is 23.1. The van der Waals surface area contributed by atoms with Crippen LogP contribution < -0.4 is 21.7 Å². The molecular formula is C32H41Cl3N4O11. The molecule has 276 valence electrons. The molecule has 2 unspecified atom stereocenters. The Morgan fingerprint density at radius 2 is 1.34 bits per heavy atom. The molecular weight excluding hydrogens is 723 g/mol. The average Bonchev–Trinajstić information content (AvgIpc) is 3.38. The van der Waals surface area contributed by atoms with Crippen LogP contribution in [0.4, 0.5) is 14.4 Å². The second kappa shape index (κ2) is 24.8. The third-order valence-corrected chi connectivity index (χ3v) is 6.40. The minimum atomic E-state index is -1.91. The van der Waals surface area contributed by atoms with Gasteiger partial charge in [-0.3, -0.25) is 9.59 Å². The van der Waals surface area contributed by atoms with Gasteiger partial charge in [-0.1, -0.05) is 60.7 Å². The van der Waals surface area contributed by atoms with Crippen LogP contribution in [0.15, 0.2) is 60.7 Å². The minimum Gasteiger partial charge on any atom is -0.480 e. The number of esters is 2. The summed E-state index contributed by atoms with van der Waals surface area (Å²) in [6.45, 7) is 2.51. The predicted octanol–water partition coefficient (Wildman–Crippen LogP) is 5.09. The fourth-order valence-corrected chi connectivity index (χ4v) is 4.09. The Labute approximate surface area is 304 Å². The first kappa shape index (κ1) is 43.7. The zero-order valence-corrected chi connectivity index (χ0v) is 29.5. The van der Waals surface area contributed by atoms with Crippen molar-refractivity contribution in [3.63, 3.8) is 0 Å². The molecule has 1 fully saturated rings. The molecule has 0 bridgehead atoms. The monoisotopic (exact) mass is 762 g/mol. The molecule has 1 aliphatic heterocycles. The number of carboxylic acids is 1. The van der Waals surface area contributed by atoms with Crippen molar-refractivity contribution in [3.05, 3.63) is 71.8 Å². The molecule has 0 saturated carbocycles. The molecule has 2 aromatic carbocycles. The predicted molar refractivity (Wildman–Crippen MR) is 183 cm³/mol. The van der Waals surface area contributed by atoms with Crippen molar-refractivity contribution in [2.45, 2.75) is 74.7 Å². The van der Waals surface area contributed by atoms with Crippen LogP contribution in [0.25, 0.3) is 0 Å². The number of carbonyl (C=O) groups is 6. The van der Waals surface area contributed by atoms with Gasteiger partial charge in [0.25, 0.3) is 0 Å². The molecule has 0 radical (unpaired) electrons. The number of alkyl carbamates (subject to hydrolysis) is 3. The van der Waals surface area contributed by atoms with Gasteiger partial charge in [0.15, 0.2) is 0 Å². The number of nitrogens with two attached hydrogens (primary N) is 1. The number of carbonyl (C=O) groups excluding carboxylic acids is 5. The highest BCUT2D eigenvalue weighted by molar-refractivity contribution is 6.66. The number of halogens is 3. The van der Waals surface area contributed by atoms with Crippen molar-refractivity contribution >= 4 is 71.0 Å². The number of cyclic esters (lactones) is 2. The lowest BCUT2D eigenvalue weighted by Crippen LogP contribution is -2.30. The number of hydrogen-bond acceptors (Lipinski definition) is 11. The van der Waals surface area contributed by atoms with E-state index < -0.39 is 52.2 Å². The molecule has 18 heteroatoms. The maximum Gasteiger partial charge on any atom is 0.415 e. The van der Waals surface area contributed by atoms with Crippen LogP contribution in [0.3, 0.4) is 0 Å². The van der Waals surface area contributed by atoms with E-state index in [1.54, 1.807) is 0 Å². The molecule has 50 heavy (non-hydrogen) atoms. The average molecular weight is 764 g/mol. The normalized spacial score (nSPS) is 13.8. The lowest BCUT2D eigenvalue weighted by molar-refractivity contribution is -0.142. The van der Waals surface area contributed by atoms with E-state index in [-0.39, 0.29) is 13.2 Å². The standard InChI is InChI=1S/C15H18N2O5.C14H20N2O4.C3H3Cl3O2/c18-13-12(17-15(20)22-13)8-4-5-9-16-14(19)21-10-11-6-2-1-3-7-11;15-12(13(17)18)8-4-5-9-16-14(19)20-10-11-6-2-1-3-7-11;1-2(7)8-3(4,5)6/h1-3,6-7,12H,4-5,8-10H2,(H,16,19)(H,17,20);1-3,6-7,12H,4-5,8-10,15H2,(H,16,19)(H,17,18);1H3. The van der Waals surface area contributed by atoms with Gasteiger partial charge >= 0.3 is 40.2 Å². The summed E-state index contributed by atoms with van der Waals surface area (Å²) in [6, 6.07) is 17.4. The summed E-state index contributed by atoms with van der Waals surface area (Å²) in [5.74, 6) is -2.16. The Morgan fingerprint density at radius 3 is 1.72 bits per heavy atom. The van der Waals surface area contributed by atoms with Crippen molar-refractivity contribution in [2.75, 3.05) is 13.1 Å². The number of carboxylic acid groups (broad SMARTS) is 1. The molecule has 1 heterocycles. The number of alkyl halides is 3. The van der Waals surface area contributed by atoms with Gasteiger partial charge in [0, 0.05) is 20.0 Å². The number of rotatable bonds is 15. The topological polar surface area (TPSA) is 222 Å². The van der Waals surface area contributed by atoms with E-state index in [9.17, 15) is 28.8 Å². The number of nitrogens with one attached hydrogen (secondary N) is 3. The highest BCUT2D eigenvalue weighted by Gasteiger charge is 2.31. The maximum absolute atomic E-state index is 11.5. The van der Waals surface area contributed by atoms with Crippen LogP contribution >= 0.6 is 34.8 Å².